The molecule has 1 fully saturated rings. The number of hydrogen-bond donors (Lipinski definition) is 1. The van der Waals surface area contributed by atoms with Gasteiger partial charge in [-0.2, -0.15) is 8.78 Å². The number of amides is 1. The van der Waals surface area contributed by atoms with Crippen LogP contribution in [0.25, 0.3) is 0 Å². The quantitative estimate of drug-likeness (QED) is 0.673. The molecule has 1 aliphatic rings. The monoisotopic (exact) mass is 418 g/mol. The van der Waals surface area contributed by atoms with Gasteiger partial charge in [0.15, 0.2) is 6.10 Å². The number of carbonyl (C=O) groups is 2. The molecule has 0 aromatic heterocycles. The largest absolute Gasteiger partial charge is 0.449 e. The smallest absolute Gasteiger partial charge is 0.387 e. The number of anilines is 2. The van der Waals surface area contributed by atoms with E-state index in [1.807, 2.05) is 24.3 Å². The first kappa shape index (κ1) is 21.5. The van der Waals surface area contributed by atoms with Crippen molar-refractivity contribution < 1.29 is 27.8 Å². The first-order chi connectivity index (χ1) is 14.4. The number of carbonyl (C=O) groups excluding carboxylic acids is 2. The van der Waals surface area contributed by atoms with Gasteiger partial charge in [0.05, 0.1) is 5.56 Å². The van der Waals surface area contributed by atoms with Crippen molar-refractivity contribution in [2.45, 2.75) is 38.9 Å². The number of rotatable bonds is 7. The Kier molecular flexibility index (Phi) is 7.21. The second-order valence-electron chi connectivity index (χ2n) is 7.03. The molecule has 1 amide bonds. The molecule has 0 radical (unpaired) electrons. The highest BCUT2D eigenvalue weighted by molar-refractivity contribution is 5.97. The van der Waals surface area contributed by atoms with E-state index in [2.05, 4.69) is 15.0 Å². The molecule has 3 rings (SSSR count). The molecule has 1 aliphatic heterocycles. The van der Waals surface area contributed by atoms with Gasteiger partial charge >= 0.3 is 12.6 Å². The zero-order valence-electron chi connectivity index (χ0n) is 16.6. The van der Waals surface area contributed by atoms with Gasteiger partial charge < -0.3 is 19.7 Å². The summed E-state index contributed by atoms with van der Waals surface area (Å²) in [4.78, 5) is 26.8. The summed E-state index contributed by atoms with van der Waals surface area (Å²) in [5.74, 6) is -1.27. The number of halogens is 2. The maximum absolute atomic E-state index is 12.3. The SMILES string of the molecule is C[C@@H](OC(=O)c1ccc(OC(F)F)cc1)C(=O)Nc1ccc(N2CCCCC2)cc1. The topological polar surface area (TPSA) is 67.9 Å². The lowest BCUT2D eigenvalue weighted by Crippen LogP contribution is -2.30. The molecular formula is C22H24F2N2O4. The third-order valence-electron chi connectivity index (χ3n) is 4.82. The molecule has 6 nitrogen and oxygen atoms in total. The Hall–Kier alpha value is -3.16. The molecule has 2 aromatic carbocycles. The number of ether oxygens (including phenoxy) is 2. The van der Waals surface area contributed by atoms with E-state index in [0.717, 1.165) is 18.8 Å². The Balaban J connectivity index is 1.52. The van der Waals surface area contributed by atoms with E-state index in [1.165, 1.54) is 50.5 Å². The number of alkyl halides is 2. The number of piperidine rings is 1. The van der Waals surface area contributed by atoms with Gasteiger partial charge in [-0.1, -0.05) is 0 Å². The van der Waals surface area contributed by atoms with Crippen molar-refractivity contribution >= 4 is 23.3 Å². The van der Waals surface area contributed by atoms with Crippen LogP contribution >= 0.6 is 0 Å². The lowest BCUT2D eigenvalue weighted by atomic mass is 10.1. The van der Waals surface area contributed by atoms with Gasteiger partial charge in [0.25, 0.3) is 5.91 Å². The summed E-state index contributed by atoms with van der Waals surface area (Å²) in [5.41, 5.74) is 1.85. The minimum absolute atomic E-state index is 0.0691. The first-order valence-electron chi connectivity index (χ1n) is 9.84. The molecule has 30 heavy (non-hydrogen) atoms. The number of nitrogens with one attached hydrogen (secondary N) is 1. The van der Waals surface area contributed by atoms with Gasteiger partial charge in [-0.3, -0.25) is 4.79 Å². The highest BCUT2D eigenvalue weighted by Gasteiger charge is 2.19. The van der Waals surface area contributed by atoms with Gasteiger partial charge in [0.1, 0.15) is 5.75 Å². The third-order valence-corrected chi connectivity index (χ3v) is 4.82. The molecule has 2 aromatic rings. The van der Waals surface area contributed by atoms with Crippen LogP contribution in [0.4, 0.5) is 20.2 Å². The Morgan fingerprint density at radius 2 is 1.60 bits per heavy atom. The third kappa shape index (κ3) is 5.92. The van der Waals surface area contributed by atoms with Crippen LogP contribution in [0.3, 0.4) is 0 Å². The summed E-state index contributed by atoms with van der Waals surface area (Å²) in [6.07, 6.45) is 2.60. The fourth-order valence-electron chi connectivity index (χ4n) is 3.21. The average molecular weight is 418 g/mol. The Morgan fingerprint density at radius 1 is 0.967 bits per heavy atom. The number of hydrogen-bond acceptors (Lipinski definition) is 5. The summed E-state index contributed by atoms with van der Waals surface area (Å²) >= 11 is 0. The van der Waals surface area contributed by atoms with Gasteiger partial charge in [0, 0.05) is 24.5 Å². The first-order valence-corrected chi connectivity index (χ1v) is 9.84. The summed E-state index contributed by atoms with van der Waals surface area (Å²) in [7, 11) is 0. The van der Waals surface area contributed by atoms with E-state index in [-0.39, 0.29) is 11.3 Å². The minimum atomic E-state index is -2.94. The van der Waals surface area contributed by atoms with Crippen LogP contribution in [0.2, 0.25) is 0 Å². The van der Waals surface area contributed by atoms with Gasteiger partial charge in [-0.05, 0) is 74.7 Å². The molecule has 1 N–H and O–H groups in total. The fraction of sp³-hybridized carbons (Fsp3) is 0.364. The highest BCUT2D eigenvalue weighted by Crippen LogP contribution is 2.22. The predicted octanol–water partition coefficient (Wildman–Crippen LogP) is 4.46. The van der Waals surface area contributed by atoms with Crippen LogP contribution in [-0.2, 0) is 9.53 Å². The van der Waals surface area contributed by atoms with Gasteiger partial charge in [-0.15, -0.1) is 0 Å². The number of esters is 1. The van der Waals surface area contributed by atoms with Crippen LogP contribution in [-0.4, -0.2) is 37.7 Å². The lowest BCUT2D eigenvalue weighted by molar-refractivity contribution is -0.123. The van der Waals surface area contributed by atoms with Gasteiger partial charge in [-0.25, -0.2) is 4.79 Å². The van der Waals surface area contributed by atoms with Crippen LogP contribution in [0, 0.1) is 0 Å². The predicted molar refractivity (Wildman–Crippen MR) is 109 cm³/mol. The standard InChI is InChI=1S/C22H24F2N2O4/c1-15(29-21(28)16-5-11-19(12-6-16)30-22(23)24)20(27)25-17-7-9-18(10-8-17)26-13-3-2-4-14-26/h5-12,15,22H,2-4,13-14H2,1H3,(H,25,27)/t15-/m1/s1. The molecule has 1 atom stereocenters. The van der Waals surface area contributed by atoms with Crippen molar-refractivity contribution in [2.24, 2.45) is 0 Å². The Bertz CT molecular complexity index is 850. The van der Waals surface area contributed by atoms with Crippen LogP contribution in [0.5, 0.6) is 5.75 Å². The fourth-order valence-corrected chi connectivity index (χ4v) is 3.21. The molecule has 0 bridgehead atoms. The van der Waals surface area contributed by atoms with Crippen LogP contribution < -0.4 is 15.0 Å². The molecule has 160 valence electrons. The molecular weight excluding hydrogens is 394 g/mol. The molecule has 0 unspecified atom stereocenters. The van der Waals surface area contributed by atoms with Crippen molar-refractivity contribution in [1.29, 1.82) is 0 Å². The molecule has 1 saturated heterocycles. The zero-order chi connectivity index (χ0) is 21.5. The average Bonchev–Trinajstić information content (AvgIpc) is 2.75. The zero-order valence-corrected chi connectivity index (χ0v) is 16.6. The Labute approximate surface area is 173 Å². The van der Waals surface area contributed by atoms with Crippen molar-refractivity contribution in [3.63, 3.8) is 0 Å². The maximum Gasteiger partial charge on any atom is 0.387 e. The van der Waals surface area contributed by atoms with Crippen molar-refractivity contribution in [3.05, 3.63) is 54.1 Å². The van der Waals surface area contributed by atoms with Crippen molar-refractivity contribution in [2.75, 3.05) is 23.3 Å². The van der Waals surface area contributed by atoms with E-state index >= 15 is 0 Å². The summed E-state index contributed by atoms with van der Waals surface area (Å²) in [5, 5.41) is 2.72. The molecule has 1 heterocycles. The highest BCUT2D eigenvalue weighted by atomic mass is 19.3. The van der Waals surface area contributed by atoms with Crippen molar-refractivity contribution in [1.82, 2.24) is 0 Å². The minimum Gasteiger partial charge on any atom is -0.449 e. The van der Waals surface area contributed by atoms with E-state index in [0.29, 0.717) is 5.69 Å². The van der Waals surface area contributed by atoms with E-state index in [1.54, 1.807) is 0 Å². The van der Waals surface area contributed by atoms with Crippen LogP contribution in [0.1, 0.15) is 36.5 Å². The number of nitrogens with zero attached hydrogens (tertiary/aromatic N) is 1. The summed E-state index contributed by atoms with van der Waals surface area (Å²) < 4.78 is 33.7. The van der Waals surface area contributed by atoms with E-state index < -0.39 is 24.6 Å². The summed E-state index contributed by atoms with van der Waals surface area (Å²) in [6, 6.07) is 12.6. The summed E-state index contributed by atoms with van der Waals surface area (Å²) in [6.45, 7) is 0.589. The van der Waals surface area contributed by atoms with E-state index in [9.17, 15) is 18.4 Å². The Morgan fingerprint density at radius 3 is 2.20 bits per heavy atom. The second kappa shape index (κ2) is 10.0. The maximum atomic E-state index is 12.3. The lowest BCUT2D eigenvalue weighted by Gasteiger charge is -2.28. The molecule has 0 spiro atoms. The number of benzene rings is 2. The molecule has 0 aliphatic carbocycles. The van der Waals surface area contributed by atoms with E-state index in [4.69, 9.17) is 4.74 Å². The van der Waals surface area contributed by atoms with Crippen molar-refractivity contribution in [3.8, 4) is 5.75 Å². The normalized spacial score (nSPS) is 14.9. The second-order valence-corrected chi connectivity index (χ2v) is 7.03. The van der Waals surface area contributed by atoms with Crippen LogP contribution in [0.15, 0.2) is 48.5 Å². The molecule has 0 saturated carbocycles. The molecule has 8 heteroatoms. The van der Waals surface area contributed by atoms with Gasteiger partial charge in [0.2, 0.25) is 0 Å².